The van der Waals surface area contributed by atoms with Crippen molar-refractivity contribution in [3.63, 3.8) is 0 Å². The number of ether oxygens (including phenoxy) is 1. The van der Waals surface area contributed by atoms with Crippen LogP contribution < -0.4 is 4.74 Å². The summed E-state index contributed by atoms with van der Waals surface area (Å²) in [5.74, 6) is -6.55. The van der Waals surface area contributed by atoms with Gasteiger partial charge in [0.05, 0.1) is 11.3 Å². The molecule has 3 rings (SSSR count). The molecule has 0 atom stereocenters. The molecule has 10 nitrogen and oxygen atoms in total. The number of aromatic nitrogens is 5. The second-order valence-electron chi connectivity index (χ2n) is 7.37. The summed E-state index contributed by atoms with van der Waals surface area (Å²) >= 11 is 0. The Labute approximate surface area is 202 Å². The fourth-order valence-electron chi connectivity index (χ4n) is 3.12. The lowest BCUT2D eigenvalue weighted by Crippen LogP contribution is -2.41. The lowest BCUT2D eigenvalue weighted by molar-refractivity contribution is -0.290. The van der Waals surface area contributed by atoms with E-state index in [1.807, 2.05) is 0 Å². The van der Waals surface area contributed by atoms with Crippen LogP contribution in [0.3, 0.4) is 0 Å². The average Bonchev–Trinajstić information content (AvgIpc) is 3.24. The van der Waals surface area contributed by atoms with Gasteiger partial charge in [-0.15, -0.1) is 10.2 Å². The number of rotatable bonds is 9. The number of hydrogen-bond acceptors (Lipinski definition) is 8. The molecule has 0 spiro atoms. The van der Waals surface area contributed by atoms with E-state index in [1.54, 1.807) is 13.8 Å². The zero-order valence-corrected chi connectivity index (χ0v) is 20.1. The Bertz CT molecular complexity index is 1360. The van der Waals surface area contributed by atoms with Gasteiger partial charge in [0.25, 0.3) is 5.91 Å². The number of fused-ring (bicyclic) bond motifs is 1. The van der Waals surface area contributed by atoms with Crippen molar-refractivity contribution in [3.05, 3.63) is 30.1 Å². The first-order valence-electron chi connectivity index (χ1n) is 10.6. The molecule has 0 saturated carbocycles. The van der Waals surface area contributed by atoms with Crippen LogP contribution in [0.4, 0.5) is 22.0 Å². The smallest absolute Gasteiger partial charge is 0.456 e. The third kappa shape index (κ3) is 5.08. The van der Waals surface area contributed by atoms with E-state index < -0.39 is 45.4 Å². The van der Waals surface area contributed by atoms with Crippen molar-refractivity contribution >= 4 is 21.4 Å². The van der Waals surface area contributed by atoms with Gasteiger partial charge in [0.1, 0.15) is 11.4 Å². The lowest BCUT2D eigenvalue weighted by Gasteiger charge is -2.19. The molecule has 1 amide bonds. The monoisotopic (exact) mass is 536 g/mol. The molecule has 0 aliphatic heterocycles. The zero-order valence-electron chi connectivity index (χ0n) is 19.3. The third-order valence-corrected chi connectivity index (χ3v) is 6.78. The highest BCUT2D eigenvalue weighted by atomic mass is 32.2. The Morgan fingerprint density at radius 1 is 1.06 bits per heavy atom. The van der Waals surface area contributed by atoms with E-state index in [2.05, 4.69) is 25.0 Å². The average molecular weight is 536 g/mol. The maximum absolute atomic E-state index is 13.1. The summed E-state index contributed by atoms with van der Waals surface area (Å²) in [7, 11) is -3.99. The van der Waals surface area contributed by atoms with Gasteiger partial charge in [0.15, 0.2) is 27.1 Å². The Kier molecular flexibility index (Phi) is 7.48. The summed E-state index contributed by atoms with van der Waals surface area (Å²) in [6.07, 6.45) is -4.53. The number of alkyl halides is 5. The van der Waals surface area contributed by atoms with Gasteiger partial charge in [0.2, 0.25) is 5.88 Å². The van der Waals surface area contributed by atoms with Crippen LogP contribution in [0.1, 0.15) is 31.3 Å². The van der Waals surface area contributed by atoms with Gasteiger partial charge in [-0.2, -0.15) is 27.1 Å². The minimum Gasteiger partial charge on any atom is -0.470 e. The van der Waals surface area contributed by atoms with Crippen LogP contribution in [0.2, 0.25) is 0 Å². The van der Waals surface area contributed by atoms with Crippen molar-refractivity contribution in [2.24, 2.45) is 0 Å². The first-order chi connectivity index (χ1) is 16.8. The van der Waals surface area contributed by atoms with E-state index in [9.17, 15) is 35.2 Å². The van der Waals surface area contributed by atoms with Crippen LogP contribution in [0.5, 0.6) is 5.88 Å². The van der Waals surface area contributed by atoms with Gasteiger partial charge in [-0.05, 0) is 26.0 Å². The first kappa shape index (κ1) is 27.2. The normalized spacial score (nSPS) is 12.7. The molecule has 0 saturated heterocycles. The van der Waals surface area contributed by atoms with Crippen molar-refractivity contribution in [1.82, 2.24) is 29.7 Å². The van der Waals surface area contributed by atoms with Crippen molar-refractivity contribution < 1.29 is 39.9 Å². The van der Waals surface area contributed by atoms with Crippen molar-refractivity contribution in [1.29, 1.82) is 0 Å². The fourth-order valence-corrected chi connectivity index (χ4v) is 4.10. The number of halogens is 5. The van der Waals surface area contributed by atoms with Gasteiger partial charge in [-0.25, -0.2) is 17.9 Å². The SMILES string of the molecule is CCN(CC)C(=O)c1ccnc2c(-c3ccc(OCC(F)(F)C(F)(F)F)nn3)c(S(=O)(=O)CC)nn12. The molecule has 3 aromatic rings. The Morgan fingerprint density at radius 2 is 1.72 bits per heavy atom. The van der Waals surface area contributed by atoms with E-state index in [0.29, 0.717) is 13.1 Å². The summed E-state index contributed by atoms with van der Waals surface area (Å²) < 4.78 is 94.4. The third-order valence-electron chi connectivity index (χ3n) is 5.14. The van der Waals surface area contributed by atoms with E-state index in [4.69, 9.17) is 0 Å². The van der Waals surface area contributed by atoms with E-state index in [-0.39, 0.29) is 28.4 Å². The summed E-state index contributed by atoms with van der Waals surface area (Å²) in [5.41, 5.74) is -0.269. The molecule has 16 heteroatoms. The second-order valence-corrected chi connectivity index (χ2v) is 9.57. The number of hydrogen-bond donors (Lipinski definition) is 0. The Morgan fingerprint density at radius 3 is 2.25 bits per heavy atom. The maximum atomic E-state index is 13.1. The van der Waals surface area contributed by atoms with Crippen molar-refractivity contribution in [2.45, 2.75) is 37.9 Å². The van der Waals surface area contributed by atoms with Crippen LogP contribution in [0, 0.1) is 0 Å². The number of amides is 1. The molecule has 0 fully saturated rings. The molecule has 196 valence electrons. The largest absolute Gasteiger partial charge is 0.470 e. The van der Waals surface area contributed by atoms with Crippen LogP contribution in [0.15, 0.2) is 29.4 Å². The Balaban J connectivity index is 2.10. The lowest BCUT2D eigenvalue weighted by atomic mass is 10.2. The number of nitrogens with zero attached hydrogens (tertiary/aromatic N) is 6. The van der Waals surface area contributed by atoms with E-state index >= 15 is 0 Å². The summed E-state index contributed by atoms with van der Waals surface area (Å²) in [4.78, 5) is 18.6. The molecule has 0 aromatic carbocycles. The molecule has 0 N–H and O–H groups in total. The number of carbonyl (C=O) groups is 1. The minimum absolute atomic E-state index is 0.0322. The second kappa shape index (κ2) is 9.91. The molecule has 3 heterocycles. The van der Waals surface area contributed by atoms with E-state index in [0.717, 1.165) is 16.6 Å². The van der Waals surface area contributed by atoms with Gasteiger partial charge in [0, 0.05) is 25.4 Å². The molecule has 0 aliphatic carbocycles. The molecule has 0 bridgehead atoms. The highest BCUT2D eigenvalue weighted by molar-refractivity contribution is 7.91. The minimum atomic E-state index is -5.81. The van der Waals surface area contributed by atoms with Crippen molar-refractivity contribution in [3.8, 4) is 17.1 Å². The maximum Gasteiger partial charge on any atom is 0.456 e. The van der Waals surface area contributed by atoms with Crippen LogP contribution >= 0.6 is 0 Å². The summed E-state index contributed by atoms with van der Waals surface area (Å²) in [6, 6.07) is 3.43. The van der Waals surface area contributed by atoms with Gasteiger partial charge in [-0.1, -0.05) is 6.92 Å². The zero-order chi connectivity index (χ0) is 26.9. The quantitative estimate of drug-likeness (QED) is 0.383. The standard InChI is InChI=1S/C20H21F5N6O4S/c1-4-30(5-2)18(32)13-9-10-26-16-15(17(29-31(13)16)36(33,34)6-3)12-7-8-14(28-27-12)35-11-19(21,22)20(23,24)25/h7-10H,4-6,11H2,1-3H3. The van der Waals surface area contributed by atoms with Gasteiger partial charge < -0.3 is 9.64 Å². The van der Waals surface area contributed by atoms with Crippen molar-refractivity contribution in [2.75, 3.05) is 25.4 Å². The van der Waals surface area contributed by atoms with Crippen LogP contribution in [0.25, 0.3) is 16.9 Å². The molecule has 0 radical (unpaired) electrons. The highest BCUT2D eigenvalue weighted by Gasteiger charge is 2.58. The topological polar surface area (TPSA) is 120 Å². The first-order valence-corrected chi connectivity index (χ1v) is 12.2. The molecule has 36 heavy (non-hydrogen) atoms. The predicted molar refractivity (Wildman–Crippen MR) is 115 cm³/mol. The van der Waals surface area contributed by atoms with Crippen LogP contribution in [-0.4, -0.2) is 81.6 Å². The van der Waals surface area contributed by atoms with Gasteiger partial charge in [-0.3, -0.25) is 4.79 Å². The molecule has 0 aliphatic rings. The highest BCUT2D eigenvalue weighted by Crippen LogP contribution is 2.36. The summed E-state index contributed by atoms with van der Waals surface area (Å²) in [5, 5.41) is 10.9. The molecule has 3 aromatic heterocycles. The summed E-state index contributed by atoms with van der Waals surface area (Å²) in [6.45, 7) is 3.66. The Hall–Kier alpha value is -3.43. The predicted octanol–water partition coefficient (Wildman–Crippen LogP) is 3.04. The molecular formula is C20H21F5N6O4S. The van der Waals surface area contributed by atoms with Crippen LogP contribution in [-0.2, 0) is 9.84 Å². The fraction of sp³-hybridized carbons (Fsp3) is 0.450. The molecular weight excluding hydrogens is 515 g/mol. The number of carbonyl (C=O) groups excluding carboxylic acids is 1. The van der Waals surface area contributed by atoms with Gasteiger partial charge >= 0.3 is 12.1 Å². The number of sulfone groups is 1. The van der Waals surface area contributed by atoms with E-state index in [1.165, 1.54) is 24.1 Å². The molecule has 0 unspecified atom stereocenters.